The second-order valence-electron chi connectivity index (χ2n) is 7.78. The van der Waals surface area contributed by atoms with Crippen LogP contribution in [0.4, 0.5) is 5.82 Å². The number of amides is 2. The number of rotatable bonds is 8. The van der Waals surface area contributed by atoms with E-state index in [0.29, 0.717) is 18.3 Å². The maximum atomic E-state index is 12.7. The number of H-pyrrole nitrogens is 1. The van der Waals surface area contributed by atoms with E-state index in [4.69, 9.17) is 0 Å². The maximum absolute atomic E-state index is 12.7. The van der Waals surface area contributed by atoms with E-state index >= 15 is 0 Å². The summed E-state index contributed by atoms with van der Waals surface area (Å²) in [5.74, 6) is 0.466. The Balaban J connectivity index is 1.42. The van der Waals surface area contributed by atoms with Gasteiger partial charge >= 0.3 is 0 Å². The van der Waals surface area contributed by atoms with Gasteiger partial charge in [0.05, 0.1) is 18.2 Å². The van der Waals surface area contributed by atoms with Gasteiger partial charge in [0.15, 0.2) is 5.82 Å². The van der Waals surface area contributed by atoms with E-state index in [1.807, 2.05) is 49.4 Å². The normalized spacial score (nSPS) is 14.0. The van der Waals surface area contributed by atoms with Crippen molar-refractivity contribution in [1.29, 1.82) is 0 Å². The van der Waals surface area contributed by atoms with E-state index < -0.39 is 0 Å². The summed E-state index contributed by atoms with van der Waals surface area (Å²) in [6.07, 6.45) is 5.36. The lowest BCUT2D eigenvalue weighted by Gasteiger charge is -2.13. The number of carbonyl (C=O) groups excluding carboxylic acids is 2. The van der Waals surface area contributed by atoms with Crippen LogP contribution in [-0.4, -0.2) is 27.0 Å². The van der Waals surface area contributed by atoms with Gasteiger partial charge in [0.1, 0.15) is 0 Å². The highest BCUT2D eigenvalue weighted by Crippen LogP contribution is 2.39. The van der Waals surface area contributed by atoms with E-state index in [9.17, 15) is 9.59 Å². The number of anilines is 1. The summed E-state index contributed by atoms with van der Waals surface area (Å²) in [7, 11) is 0. The van der Waals surface area contributed by atoms with Crippen LogP contribution in [0.5, 0.6) is 0 Å². The molecule has 1 aromatic carbocycles. The molecule has 1 unspecified atom stereocenters. The number of pyridine rings is 1. The van der Waals surface area contributed by atoms with Gasteiger partial charge in [0, 0.05) is 29.4 Å². The number of hydrogen-bond donors (Lipinski definition) is 3. The van der Waals surface area contributed by atoms with Gasteiger partial charge in [-0.05, 0) is 43.0 Å². The molecule has 0 spiro atoms. The van der Waals surface area contributed by atoms with Gasteiger partial charge in [-0.3, -0.25) is 19.7 Å². The molecule has 2 heterocycles. The van der Waals surface area contributed by atoms with Crippen LogP contribution in [0, 0.1) is 0 Å². The van der Waals surface area contributed by atoms with Gasteiger partial charge in [0.2, 0.25) is 11.8 Å². The van der Waals surface area contributed by atoms with Gasteiger partial charge in [-0.2, -0.15) is 5.10 Å². The average Bonchev–Trinajstić information content (AvgIpc) is 3.56. The van der Waals surface area contributed by atoms with E-state index in [1.54, 1.807) is 6.20 Å². The number of nitrogens with zero attached hydrogens (tertiary/aromatic N) is 2. The number of aromatic amines is 1. The summed E-state index contributed by atoms with van der Waals surface area (Å²) in [5.41, 5.74) is 4.67. The smallest absolute Gasteiger partial charge is 0.243 e. The third kappa shape index (κ3) is 5.06. The SMILES string of the molecule is C=CC(=O)NCc1ccc(-c2cccc(C(C)C(=O)Nc3cc(C4CC4)[nH]n3)c2)cn1. The molecule has 0 radical (unpaired) electrons. The van der Waals surface area contributed by atoms with Crippen LogP contribution in [-0.2, 0) is 16.1 Å². The Morgan fingerprint density at radius 3 is 2.77 bits per heavy atom. The fourth-order valence-corrected chi connectivity index (χ4v) is 3.33. The number of nitrogens with one attached hydrogen (secondary N) is 3. The summed E-state index contributed by atoms with van der Waals surface area (Å²) in [6.45, 7) is 5.66. The Morgan fingerprint density at radius 1 is 1.23 bits per heavy atom. The minimum atomic E-state index is -0.331. The highest BCUT2D eigenvalue weighted by molar-refractivity contribution is 5.95. The highest BCUT2D eigenvalue weighted by Gasteiger charge is 2.26. The summed E-state index contributed by atoms with van der Waals surface area (Å²) < 4.78 is 0. The van der Waals surface area contributed by atoms with Gasteiger partial charge in [-0.25, -0.2) is 0 Å². The van der Waals surface area contributed by atoms with E-state index in [-0.39, 0.29) is 17.7 Å². The summed E-state index contributed by atoms with van der Waals surface area (Å²) in [6, 6.07) is 13.6. The largest absolute Gasteiger partial charge is 0.347 e. The molecule has 31 heavy (non-hydrogen) atoms. The van der Waals surface area contributed by atoms with Gasteiger partial charge in [0.25, 0.3) is 0 Å². The van der Waals surface area contributed by atoms with Crippen molar-refractivity contribution in [3.8, 4) is 11.1 Å². The highest BCUT2D eigenvalue weighted by atomic mass is 16.2. The molecule has 3 N–H and O–H groups in total. The first kappa shape index (κ1) is 20.5. The van der Waals surface area contributed by atoms with Crippen LogP contribution in [0.3, 0.4) is 0 Å². The zero-order valence-corrected chi connectivity index (χ0v) is 17.4. The van der Waals surface area contributed by atoms with Crippen molar-refractivity contribution in [3.63, 3.8) is 0 Å². The molecular weight excluding hydrogens is 390 g/mol. The molecule has 7 heteroatoms. The molecule has 2 amide bonds. The standard InChI is InChI=1S/C24H25N5O2/c1-3-23(30)26-14-20-10-9-19(13-25-20)18-6-4-5-17(11-18)15(2)24(31)27-22-12-21(28-29-22)16-7-8-16/h3-6,9-13,15-16H,1,7-8,14H2,2H3,(H,26,30)(H2,27,28,29,31). The molecule has 1 atom stereocenters. The molecule has 7 nitrogen and oxygen atoms in total. The number of aromatic nitrogens is 3. The summed E-state index contributed by atoms with van der Waals surface area (Å²) >= 11 is 0. The lowest BCUT2D eigenvalue weighted by Crippen LogP contribution is -2.20. The molecule has 0 saturated heterocycles. The monoisotopic (exact) mass is 415 g/mol. The lowest BCUT2D eigenvalue weighted by molar-refractivity contribution is -0.117. The van der Waals surface area contributed by atoms with Crippen molar-refractivity contribution < 1.29 is 9.59 Å². The van der Waals surface area contributed by atoms with Crippen molar-refractivity contribution in [2.24, 2.45) is 0 Å². The van der Waals surface area contributed by atoms with Crippen LogP contribution < -0.4 is 10.6 Å². The Kier molecular flexibility index (Phi) is 5.93. The second-order valence-corrected chi connectivity index (χ2v) is 7.78. The first-order valence-electron chi connectivity index (χ1n) is 10.3. The topological polar surface area (TPSA) is 99.8 Å². The van der Waals surface area contributed by atoms with E-state index in [1.165, 1.54) is 18.9 Å². The van der Waals surface area contributed by atoms with Crippen molar-refractivity contribution in [3.05, 3.63) is 78.3 Å². The molecule has 158 valence electrons. The van der Waals surface area contributed by atoms with Crippen LogP contribution >= 0.6 is 0 Å². The van der Waals surface area contributed by atoms with Gasteiger partial charge in [-0.1, -0.05) is 36.9 Å². The Hall–Kier alpha value is -3.74. The molecule has 0 bridgehead atoms. The average molecular weight is 415 g/mol. The van der Waals surface area contributed by atoms with Crippen molar-refractivity contribution in [1.82, 2.24) is 20.5 Å². The molecule has 1 aliphatic rings. The molecule has 4 rings (SSSR count). The molecule has 1 fully saturated rings. The fourth-order valence-electron chi connectivity index (χ4n) is 3.33. The Labute approximate surface area is 181 Å². The number of benzene rings is 1. The zero-order valence-electron chi connectivity index (χ0n) is 17.4. The van der Waals surface area contributed by atoms with Gasteiger partial charge < -0.3 is 10.6 Å². The molecule has 2 aromatic heterocycles. The lowest BCUT2D eigenvalue weighted by atomic mass is 9.96. The molecule has 1 saturated carbocycles. The van der Waals surface area contributed by atoms with Crippen LogP contribution in [0.2, 0.25) is 0 Å². The van der Waals surface area contributed by atoms with Crippen molar-refractivity contribution in [2.45, 2.75) is 38.1 Å². The first-order valence-corrected chi connectivity index (χ1v) is 10.3. The molecule has 0 aliphatic heterocycles. The van der Waals surface area contributed by atoms with Gasteiger partial charge in [-0.15, -0.1) is 0 Å². The summed E-state index contributed by atoms with van der Waals surface area (Å²) in [5, 5.41) is 12.8. The third-order valence-corrected chi connectivity index (χ3v) is 5.43. The third-order valence-electron chi connectivity index (χ3n) is 5.43. The maximum Gasteiger partial charge on any atom is 0.243 e. The van der Waals surface area contributed by atoms with Crippen LogP contribution in [0.1, 0.15) is 48.6 Å². The minimum Gasteiger partial charge on any atom is -0.347 e. The number of carbonyl (C=O) groups is 2. The zero-order chi connectivity index (χ0) is 21.8. The summed E-state index contributed by atoms with van der Waals surface area (Å²) in [4.78, 5) is 28.4. The van der Waals surface area contributed by atoms with Crippen molar-refractivity contribution in [2.75, 3.05) is 5.32 Å². The van der Waals surface area contributed by atoms with Crippen LogP contribution in [0.25, 0.3) is 11.1 Å². The quantitative estimate of drug-likeness (QED) is 0.486. The Morgan fingerprint density at radius 2 is 2.06 bits per heavy atom. The van der Waals surface area contributed by atoms with E-state index in [2.05, 4.69) is 32.4 Å². The number of hydrogen-bond acceptors (Lipinski definition) is 4. The predicted molar refractivity (Wildman–Crippen MR) is 119 cm³/mol. The molecule has 1 aliphatic carbocycles. The van der Waals surface area contributed by atoms with Crippen molar-refractivity contribution >= 4 is 17.6 Å². The first-order chi connectivity index (χ1) is 15.0. The second kappa shape index (κ2) is 8.95. The predicted octanol–water partition coefficient (Wildman–Crippen LogP) is 3.89. The minimum absolute atomic E-state index is 0.0996. The fraction of sp³-hybridized carbons (Fsp3) is 0.250. The van der Waals surface area contributed by atoms with E-state index in [0.717, 1.165) is 28.1 Å². The Bertz CT molecular complexity index is 1100. The molecule has 3 aromatic rings. The van der Waals surface area contributed by atoms with Crippen LogP contribution in [0.15, 0.2) is 61.3 Å². The molecular formula is C24H25N5O2.